The molecule has 1 N–H and O–H groups in total. The molecule has 30 heavy (non-hydrogen) atoms. The molecule has 4 aromatic heterocycles. The first-order valence-corrected chi connectivity index (χ1v) is 10.3. The maximum Gasteiger partial charge on any atom is 0.312 e. The predicted octanol–water partition coefficient (Wildman–Crippen LogP) is 2.80. The van der Waals surface area contributed by atoms with Crippen molar-refractivity contribution in [3.63, 3.8) is 0 Å². The highest BCUT2D eigenvalue weighted by molar-refractivity contribution is 5.90. The third kappa shape index (κ3) is 2.58. The van der Waals surface area contributed by atoms with Gasteiger partial charge in [0.1, 0.15) is 6.04 Å². The fourth-order valence-corrected chi connectivity index (χ4v) is 4.37. The van der Waals surface area contributed by atoms with E-state index in [1.165, 1.54) is 6.42 Å². The molecular weight excluding hydrogens is 382 g/mol. The van der Waals surface area contributed by atoms with Gasteiger partial charge in [0.2, 0.25) is 5.89 Å². The molecule has 1 saturated carbocycles. The van der Waals surface area contributed by atoms with Gasteiger partial charge in [-0.25, -0.2) is 9.50 Å². The zero-order valence-corrected chi connectivity index (χ0v) is 16.6. The van der Waals surface area contributed by atoms with E-state index >= 15 is 0 Å². The van der Waals surface area contributed by atoms with Crippen LogP contribution in [0.15, 0.2) is 35.0 Å². The second-order valence-electron chi connectivity index (χ2n) is 8.06. The molecule has 0 spiro atoms. The molecule has 0 unspecified atom stereocenters. The molecule has 1 amide bonds. The highest BCUT2D eigenvalue weighted by Crippen LogP contribution is 2.37. The second kappa shape index (κ2) is 6.51. The molecule has 6 rings (SSSR count). The minimum Gasteiger partial charge on any atom is -0.417 e. The van der Waals surface area contributed by atoms with E-state index in [1.807, 2.05) is 35.7 Å². The molecule has 9 nitrogen and oxygen atoms in total. The number of carbonyl (C=O) groups is 1. The molecule has 5 heterocycles. The van der Waals surface area contributed by atoms with E-state index in [0.29, 0.717) is 18.9 Å². The van der Waals surface area contributed by atoms with Crippen molar-refractivity contribution < 1.29 is 9.21 Å². The summed E-state index contributed by atoms with van der Waals surface area (Å²) in [7, 11) is 0. The van der Waals surface area contributed by atoms with Crippen molar-refractivity contribution in [2.45, 2.75) is 44.6 Å². The Morgan fingerprint density at radius 1 is 1.27 bits per heavy atom. The van der Waals surface area contributed by atoms with Crippen LogP contribution in [0.4, 0.5) is 0 Å². The number of carbonyl (C=O) groups excluding carboxylic acids is 1. The van der Waals surface area contributed by atoms with E-state index in [2.05, 4.69) is 20.2 Å². The average molecular weight is 403 g/mol. The van der Waals surface area contributed by atoms with E-state index in [4.69, 9.17) is 9.52 Å². The van der Waals surface area contributed by atoms with Crippen molar-refractivity contribution in [2.24, 2.45) is 0 Å². The van der Waals surface area contributed by atoms with Gasteiger partial charge in [-0.3, -0.25) is 4.79 Å². The Labute approximate surface area is 172 Å². The quantitative estimate of drug-likeness (QED) is 0.564. The normalized spacial score (nSPS) is 19.1. The SMILES string of the molecule is Cc1cccc2cc([C@H]3c4nc[nH]c4CCN3C(=O)c3nnc(C4CCC4)o3)nn12. The van der Waals surface area contributed by atoms with Gasteiger partial charge in [-0.15, -0.1) is 10.2 Å². The lowest BCUT2D eigenvalue weighted by Crippen LogP contribution is -2.41. The van der Waals surface area contributed by atoms with Crippen molar-refractivity contribution in [1.29, 1.82) is 0 Å². The minimum atomic E-state index is -0.411. The van der Waals surface area contributed by atoms with Crippen LogP contribution in [0.25, 0.3) is 5.52 Å². The number of H-pyrrole nitrogens is 1. The van der Waals surface area contributed by atoms with Crippen LogP contribution in [0.2, 0.25) is 0 Å². The van der Waals surface area contributed by atoms with Gasteiger partial charge in [-0.05, 0) is 38.0 Å². The smallest absolute Gasteiger partial charge is 0.312 e. The number of hydrogen-bond acceptors (Lipinski definition) is 6. The summed E-state index contributed by atoms with van der Waals surface area (Å²) in [5.41, 5.74) is 4.61. The Kier molecular flexibility index (Phi) is 3.77. The number of fused-ring (bicyclic) bond motifs is 2. The van der Waals surface area contributed by atoms with Crippen molar-refractivity contribution in [2.75, 3.05) is 6.54 Å². The van der Waals surface area contributed by atoms with Crippen LogP contribution in [-0.2, 0) is 6.42 Å². The van der Waals surface area contributed by atoms with Gasteiger partial charge in [0.15, 0.2) is 0 Å². The number of aromatic amines is 1. The zero-order valence-electron chi connectivity index (χ0n) is 16.6. The molecule has 1 fully saturated rings. The summed E-state index contributed by atoms with van der Waals surface area (Å²) in [5.74, 6) is 0.624. The third-order valence-corrected chi connectivity index (χ3v) is 6.24. The molecule has 0 aromatic carbocycles. The van der Waals surface area contributed by atoms with Crippen molar-refractivity contribution in [3.05, 3.63) is 65.1 Å². The van der Waals surface area contributed by atoms with E-state index in [9.17, 15) is 4.79 Å². The summed E-state index contributed by atoms with van der Waals surface area (Å²) < 4.78 is 7.66. The minimum absolute atomic E-state index is 0.0424. The Hall–Kier alpha value is -3.49. The van der Waals surface area contributed by atoms with E-state index < -0.39 is 6.04 Å². The number of imidazole rings is 1. The maximum atomic E-state index is 13.4. The van der Waals surface area contributed by atoms with Gasteiger partial charge in [-0.1, -0.05) is 12.5 Å². The Bertz CT molecular complexity index is 1250. The van der Waals surface area contributed by atoms with E-state index in [1.54, 1.807) is 11.2 Å². The van der Waals surface area contributed by atoms with Gasteiger partial charge in [-0.2, -0.15) is 5.10 Å². The summed E-state index contributed by atoms with van der Waals surface area (Å²) >= 11 is 0. The van der Waals surface area contributed by atoms with Crippen LogP contribution in [-0.4, -0.2) is 47.1 Å². The van der Waals surface area contributed by atoms with Crippen LogP contribution in [0.5, 0.6) is 0 Å². The Balaban J connectivity index is 1.41. The van der Waals surface area contributed by atoms with Crippen LogP contribution < -0.4 is 0 Å². The molecule has 1 aliphatic carbocycles. The number of pyridine rings is 1. The standard InChI is InChI=1S/C21H21N7O2/c1-12-4-2-7-14-10-16(26-28(12)14)18-17-15(22-11-23-17)8-9-27(18)21(29)20-25-24-19(30-20)13-5-3-6-13/h2,4,7,10-11,13,18H,3,5-6,8-9H2,1H3,(H,22,23)/t18-/m0/s1. The largest absolute Gasteiger partial charge is 0.417 e. The number of nitrogens with zero attached hydrogens (tertiary/aromatic N) is 6. The molecule has 152 valence electrons. The van der Waals surface area contributed by atoms with Gasteiger partial charge < -0.3 is 14.3 Å². The van der Waals surface area contributed by atoms with Crippen LogP contribution in [0.1, 0.15) is 70.6 Å². The van der Waals surface area contributed by atoms with Crippen molar-refractivity contribution in [3.8, 4) is 0 Å². The topological polar surface area (TPSA) is 105 Å². The number of hydrogen-bond donors (Lipinski definition) is 1. The van der Waals surface area contributed by atoms with Crippen molar-refractivity contribution >= 4 is 11.4 Å². The lowest BCUT2D eigenvalue weighted by molar-refractivity contribution is 0.0642. The summed E-state index contributed by atoms with van der Waals surface area (Å²) in [5, 5.41) is 13.0. The molecule has 2 aliphatic rings. The molecule has 0 saturated heterocycles. The first kappa shape index (κ1) is 17.4. The van der Waals surface area contributed by atoms with Crippen LogP contribution in [0.3, 0.4) is 0 Å². The van der Waals surface area contributed by atoms with E-state index in [0.717, 1.165) is 41.1 Å². The third-order valence-electron chi connectivity index (χ3n) is 6.24. The van der Waals surface area contributed by atoms with Gasteiger partial charge in [0, 0.05) is 30.3 Å². The fraction of sp³-hybridized carbons (Fsp3) is 0.381. The zero-order chi connectivity index (χ0) is 20.2. The molecule has 0 bridgehead atoms. The summed E-state index contributed by atoms with van der Waals surface area (Å²) in [4.78, 5) is 22.9. The molecule has 4 aromatic rings. The number of amides is 1. The monoisotopic (exact) mass is 403 g/mol. The van der Waals surface area contributed by atoms with Gasteiger partial charge in [0.05, 0.1) is 23.2 Å². The molecule has 1 atom stereocenters. The fourth-order valence-electron chi connectivity index (χ4n) is 4.37. The first-order chi connectivity index (χ1) is 14.7. The number of aryl methyl sites for hydroxylation is 1. The average Bonchev–Trinajstić information content (AvgIpc) is 3.44. The van der Waals surface area contributed by atoms with Crippen LogP contribution in [0, 0.1) is 6.92 Å². The Morgan fingerprint density at radius 3 is 2.97 bits per heavy atom. The number of rotatable bonds is 3. The van der Waals surface area contributed by atoms with E-state index in [-0.39, 0.29) is 17.7 Å². The summed E-state index contributed by atoms with van der Waals surface area (Å²) in [6.45, 7) is 2.53. The summed E-state index contributed by atoms with van der Waals surface area (Å²) in [6.07, 6.45) is 5.61. The molecule has 1 aliphatic heterocycles. The van der Waals surface area contributed by atoms with Crippen LogP contribution >= 0.6 is 0 Å². The highest BCUT2D eigenvalue weighted by Gasteiger charge is 2.38. The number of aromatic nitrogens is 6. The molecule has 9 heteroatoms. The molecular formula is C21H21N7O2. The van der Waals surface area contributed by atoms with Gasteiger partial charge >= 0.3 is 11.8 Å². The number of nitrogens with one attached hydrogen (secondary N) is 1. The summed E-state index contributed by atoms with van der Waals surface area (Å²) in [6, 6.07) is 7.61. The lowest BCUT2D eigenvalue weighted by Gasteiger charge is -2.32. The second-order valence-corrected chi connectivity index (χ2v) is 8.06. The lowest BCUT2D eigenvalue weighted by atomic mass is 9.85. The first-order valence-electron chi connectivity index (χ1n) is 10.3. The highest BCUT2D eigenvalue weighted by atomic mass is 16.4. The maximum absolute atomic E-state index is 13.4. The van der Waals surface area contributed by atoms with Gasteiger partial charge in [0.25, 0.3) is 0 Å². The predicted molar refractivity (Wildman–Crippen MR) is 106 cm³/mol. The molecule has 0 radical (unpaired) electrons. The van der Waals surface area contributed by atoms with Crippen molar-refractivity contribution in [1.82, 2.24) is 34.7 Å². The Morgan fingerprint density at radius 2 is 2.17 bits per heavy atom.